The summed E-state index contributed by atoms with van der Waals surface area (Å²) in [6.45, 7) is 3.17. The van der Waals surface area contributed by atoms with Crippen molar-refractivity contribution in [3.05, 3.63) is 30.1 Å². The van der Waals surface area contributed by atoms with Crippen LogP contribution in [0.1, 0.15) is 25.1 Å². The number of rotatable bonds is 7. The van der Waals surface area contributed by atoms with E-state index in [9.17, 15) is 0 Å². The van der Waals surface area contributed by atoms with Crippen molar-refractivity contribution in [2.75, 3.05) is 25.6 Å². The van der Waals surface area contributed by atoms with Crippen molar-refractivity contribution in [3.63, 3.8) is 0 Å². The Kier molecular flexibility index (Phi) is 6.55. The molecule has 0 spiro atoms. The van der Waals surface area contributed by atoms with Gasteiger partial charge in [0.25, 0.3) is 0 Å². The molecule has 0 bridgehead atoms. The summed E-state index contributed by atoms with van der Waals surface area (Å²) in [6.07, 6.45) is 4.93. The lowest BCUT2D eigenvalue weighted by molar-refractivity contribution is 0.217. The summed E-state index contributed by atoms with van der Waals surface area (Å²) in [6, 6.07) is 6.39. The molecule has 0 saturated heterocycles. The number of likely N-dealkylation sites (N-methyl/N-ethyl adjacent to an activating group) is 1. The van der Waals surface area contributed by atoms with Gasteiger partial charge < -0.3 is 5.73 Å². The van der Waals surface area contributed by atoms with Crippen molar-refractivity contribution in [3.8, 4) is 0 Å². The van der Waals surface area contributed by atoms with Crippen molar-refractivity contribution in [1.29, 1.82) is 0 Å². The van der Waals surface area contributed by atoms with Crippen LogP contribution in [0, 0.1) is 0 Å². The molecule has 0 aliphatic carbocycles. The van der Waals surface area contributed by atoms with Crippen molar-refractivity contribution < 1.29 is 0 Å². The van der Waals surface area contributed by atoms with Gasteiger partial charge in [0.2, 0.25) is 0 Å². The Balaban J connectivity index is 2.80. The Morgan fingerprint density at radius 1 is 1.47 bits per heavy atom. The second-order valence-electron chi connectivity index (χ2n) is 4.24. The van der Waals surface area contributed by atoms with Gasteiger partial charge in [0.1, 0.15) is 0 Å². The fourth-order valence-corrected chi connectivity index (χ4v) is 2.39. The van der Waals surface area contributed by atoms with E-state index in [-0.39, 0.29) is 12.1 Å². The second kappa shape index (κ2) is 7.69. The maximum absolute atomic E-state index is 6.23. The highest BCUT2D eigenvalue weighted by atomic mass is 32.2. The van der Waals surface area contributed by atoms with E-state index in [1.165, 1.54) is 0 Å². The first kappa shape index (κ1) is 14.5. The Morgan fingerprint density at radius 2 is 2.24 bits per heavy atom. The predicted octanol–water partition coefficient (Wildman–Crippen LogP) is 2.15. The summed E-state index contributed by atoms with van der Waals surface area (Å²) in [7, 11) is 2.13. The fourth-order valence-electron chi connectivity index (χ4n) is 1.92. The molecule has 0 radical (unpaired) electrons. The SMILES string of the molecule is CCC(N)C(c1ccccn1)N(C)CCSC. The molecule has 1 rings (SSSR count). The van der Waals surface area contributed by atoms with E-state index >= 15 is 0 Å². The zero-order valence-electron chi connectivity index (χ0n) is 11.0. The number of nitrogens with two attached hydrogens (primary N) is 1. The average Bonchev–Trinajstić information content (AvgIpc) is 2.37. The van der Waals surface area contributed by atoms with Crippen LogP contribution in [0.3, 0.4) is 0 Å². The predicted molar refractivity (Wildman–Crippen MR) is 76.3 cm³/mol. The number of hydrogen-bond donors (Lipinski definition) is 1. The van der Waals surface area contributed by atoms with E-state index in [0.29, 0.717) is 0 Å². The Morgan fingerprint density at radius 3 is 2.76 bits per heavy atom. The zero-order chi connectivity index (χ0) is 12.7. The van der Waals surface area contributed by atoms with E-state index in [1.54, 1.807) is 0 Å². The summed E-state index contributed by atoms with van der Waals surface area (Å²) in [5, 5.41) is 0. The average molecular weight is 253 g/mol. The highest BCUT2D eigenvalue weighted by Crippen LogP contribution is 2.21. The summed E-state index contributed by atoms with van der Waals surface area (Å²) >= 11 is 1.86. The lowest BCUT2D eigenvalue weighted by Crippen LogP contribution is -2.40. The fraction of sp³-hybridized carbons (Fsp3) is 0.615. The lowest BCUT2D eigenvalue weighted by atomic mass is 10.0. The molecular formula is C13H23N3S. The minimum absolute atomic E-state index is 0.136. The first-order valence-electron chi connectivity index (χ1n) is 6.06. The molecule has 17 heavy (non-hydrogen) atoms. The van der Waals surface area contributed by atoms with Gasteiger partial charge in [-0.25, -0.2) is 0 Å². The Hall–Kier alpha value is -0.580. The molecule has 1 aromatic rings. The van der Waals surface area contributed by atoms with E-state index in [0.717, 1.165) is 24.4 Å². The van der Waals surface area contributed by atoms with Crippen LogP contribution in [0.25, 0.3) is 0 Å². The summed E-state index contributed by atoms with van der Waals surface area (Å²) < 4.78 is 0. The summed E-state index contributed by atoms with van der Waals surface area (Å²) in [5.41, 5.74) is 7.31. The smallest absolute Gasteiger partial charge is 0.0671 e. The topological polar surface area (TPSA) is 42.1 Å². The molecule has 96 valence electrons. The standard InChI is InChI=1S/C13H23N3S/c1-4-11(14)13(16(2)9-10-17-3)12-7-5-6-8-15-12/h5-8,11,13H,4,9-10,14H2,1-3H3. The third-order valence-corrected chi connectivity index (χ3v) is 3.58. The number of thioether (sulfide) groups is 1. The molecule has 0 aliphatic rings. The molecule has 4 heteroatoms. The van der Waals surface area contributed by atoms with Crippen LogP contribution in [-0.4, -0.2) is 41.5 Å². The van der Waals surface area contributed by atoms with E-state index in [1.807, 2.05) is 30.1 Å². The van der Waals surface area contributed by atoms with Crippen LogP contribution in [0.15, 0.2) is 24.4 Å². The molecular weight excluding hydrogens is 230 g/mol. The van der Waals surface area contributed by atoms with Gasteiger partial charge in [0, 0.05) is 24.5 Å². The Bertz CT molecular complexity index is 305. The Labute approximate surface area is 109 Å². The molecule has 2 N–H and O–H groups in total. The van der Waals surface area contributed by atoms with Crippen LogP contribution in [0.5, 0.6) is 0 Å². The van der Waals surface area contributed by atoms with Crippen LogP contribution < -0.4 is 5.73 Å². The monoisotopic (exact) mass is 253 g/mol. The van der Waals surface area contributed by atoms with Gasteiger partial charge in [-0.05, 0) is 31.9 Å². The van der Waals surface area contributed by atoms with Gasteiger partial charge in [-0.2, -0.15) is 11.8 Å². The minimum atomic E-state index is 0.136. The number of nitrogens with zero attached hydrogens (tertiary/aromatic N) is 2. The van der Waals surface area contributed by atoms with Crippen LogP contribution >= 0.6 is 11.8 Å². The molecule has 1 aromatic heterocycles. The van der Waals surface area contributed by atoms with E-state index < -0.39 is 0 Å². The molecule has 0 saturated carbocycles. The summed E-state index contributed by atoms with van der Waals surface area (Å²) in [4.78, 5) is 6.76. The largest absolute Gasteiger partial charge is 0.326 e. The molecule has 0 aromatic carbocycles. The van der Waals surface area contributed by atoms with E-state index in [4.69, 9.17) is 5.73 Å². The van der Waals surface area contributed by atoms with Gasteiger partial charge >= 0.3 is 0 Å². The van der Waals surface area contributed by atoms with Gasteiger partial charge in [-0.3, -0.25) is 9.88 Å². The van der Waals surface area contributed by atoms with Gasteiger partial charge in [-0.15, -0.1) is 0 Å². The minimum Gasteiger partial charge on any atom is -0.326 e. The van der Waals surface area contributed by atoms with Crippen LogP contribution in [0.4, 0.5) is 0 Å². The van der Waals surface area contributed by atoms with Crippen LogP contribution in [-0.2, 0) is 0 Å². The molecule has 0 fully saturated rings. The molecule has 0 amide bonds. The van der Waals surface area contributed by atoms with Gasteiger partial charge in [-0.1, -0.05) is 13.0 Å². The van der Waals surface area contributed by atoms with Gasteiger partial charge in [0.15, 0.2) is 0 Å². The highest BCUT2D eigenvalue weighted by molar-refractivity contribution is 7.98. The molecule has 2 unspecified atom stereocenters. The van der Waals surface area contributed by atoms with Crippen molar-refractivity contribution >= 4 is 11.8 Å². The maximum atomic E-state index is 6.23. The molecule has 1 heterocycles. The van der Waals surface area contributed by atoms with E-state index in [2.05, 4.69) is 36.2 Å². The van der Waals surface area contributed by atoms with Crippen molar-refractivity contribution in [2.24, 2.45) is 5.73 Å². The third kappa shape index (κ3) is 4.30. The van der Waals surface area contributed by atoms with Gasteiger partial charge in [0.05, 0.1) is 11.7 Å². The van der Waals surface area contributed by atoms with Crippen molar-refractivity contribution in [1.82, 2.24) is 9.88 Å². The quantitative estimate of drug-likeness (QED) is 0.808. The zero-order valence-corrected chi connectivity index (χ0v) is 11.8. The number of pyridine rings is 1. The molecule has 2 atom stereocenters. The maximum Gasteiger partial charge on any atom is 0.0671 e. The summed E-state index contributed by atoms with van der Waals surface area (Å²) in [5.74, 6) is 1.12. The molecule has 3 nitrogen and oxygen atoms in total. The number of hydrogen-bond acceptors (Lipinski definition) is 4. The normalized spacial score (nSPS) is 14.9. The first-order chi connectivity index (χ1) is 8.20. The second-order valence-corrected chi connectivity index (χ2v) is 5.23. The van der Waals surface area contributed by atoms with Crippen LogP contribution in [0.2, 0.25) is 0 Å². The first-order valence-corrected chi connectivity index (χ1v) is 7.45. The van der Waals surface area contributed by atoms with Crippen molar-refractivity contribution in [2.45, 2.75) is 25.4 Å². The number of aromatic nitrogens is 1. The third-order valence-electron chi connectivity index (χ3n) is 2.99. The highest BCUT2D eigenvalue weighted by Gasteiger charge is 2.23. The lowest BCUT2D eigenvalue weighted by Gasteiger charge is -2.31. The molecule has 0 aliphatic heterocycles.